The highest BCUT2D eigenvalue weighted by molar-refractivity contribution is 5.67. The number of hydrogen-bond acceptors (Lipinski definition) is 1. The molecule has 0 bridgehead atoms. The monoisotopic (exact) mass is 326 g/mol. The van der Waals surface area contributed by atoms with Gasteiger partial charge < -0.3 is 0 Å². The molecule has 0 aromatic heterocycles. The number of carbonyl (C=O) groups is 1. The van der Waals surface area contributed by atoms with Crippen molar-refractivity contribution in [1.29, 1.82) is 0 Å². The highest BCUT2D eigenvalue weighted by Crippen LogP contribution is 2.40. The van der Waals surface area contributed by atoms with E-state index in [1.807, 2.05) is 12.2 Å². The van der Waals surface area contributed by atoms with Crippen molar-refractivity contribution >= 4 is 6.29 Å². The van der Waals surface area contributed by atoms with Gasteiger partial charge in [-0.3, -0.25) is 4.79 Å². The van der Waals surface area contributed by atoms with E-state index < -0.39 is 0 Å². The molecule has 1 rings (SSSR count). The van der Waals surface area contributed by atoms with E-state index in [-0.39, 0.29) is 10.8 Å². The largest absolute Gasteiger partial charge is 0.299 e. The average molecular weight is 327 g/mol. The highest BCUT2D eigenvalue weighted by atomic mass is 16.1. The molecular formula is C23H34O. The van der Waals surface area contributed by atoms with Gasteiger partial charge in [-0.1, -0.05) is 76.1 Å². The lowest BCUT2D eigenvalue weighted by Gasteiger charge is -2.32. The van der Waals surface area contributed by atoms with Crippen LogP contribution in [0.15, 0.2) is 58.7 Å². The fraction of sp³-hybridized carbons (Fsp3) is 0.522. The van der Waals surface area contributed by atoms with Gasteiger partial charge in [-0.15, -0.1) is 0 Å². The molecule has 1 aliphatic carbocycles. The quantitative estimate of drug-likeness (QED) is 0.310. The Kier molecular flexibility index (Phi) is 7.20. The van der Waals surface area contributed by atoms with E-state index >= 15 is 0 Å². The Bertz CT molecular complexity index is 598. The summed E-state index contributed by atoms with van der Waals surface area (Å²) in [6.07, 6.45) is 17.0. The average Bonchev–Trinajstić information content (AvgIpc) is 2.44. The SMILES string of the molecule is CC1=C(/C=C/C(C)=C/C=C/C(=C\C=O)C(C)(C)C)C(C)(C)CCC1. The molecule has 132 valence electrons. The lowest BCUT2D eigenvalue weighted by Crippen LogP contribution is -2.19. The molecular weight excluding hydrogens is 292 g/mol. The van der Waals surface area contributed by atoms with E-state index in [2.05, 4.69) is 66.7 Å². The summed E-state index contributed by atoms with van der Waals surface area (Å²) >= 11 is 0. The maximum Gasteiger partial charge on any atom is 0.143 e. The van der Waals surface area contributed by atoms with E-state index in [0.29, 0.717) is 0 Å². The maximum atomic E-state index is 10.8. The molecule has 1 nitrogen and oxygen atoms in total. The molecule has 0 amide bonds. The van der Waals surface area contributed by atoms with Crippen LogP contribution < -0.4 is 0 Å². The smallest absolute Gasteiger partial charge is 0.143 e. The zero-order valence-corrected chi connectivity index (χ0v) is 16.6. The molecule has 0 heterocycles. The van der Waals surface area contributed by atoms with Crippen LogP contribution in [0.5, 0.6) is 0 Å². The van der Waals surface area contributed by atoms with Crippen molar-refractivity contribution in [2.24, 2.45) is 10.8 Å². The van der Waals surface area contributed by atoms with Crippen LogP contribution in [-0.4, -0.2) is 6.29 Å². The van der Waals surface area contributed by atoms with Gasteiger partial charge in [0.05, 0.1) is 0 Å². The van der Waals surface area contributed by atoms with Gasteiger partial charge >= 0.3 is 0 Å². The van der Waals surface area contributed by atoms with Crippen molar-refractivity contribution < 1.29 is 4.79 Å². The van der Waals surface area contributed by atoms with Gasteiger partial charge in [-0.25, -0.2) is 0 Å². The molecule has 0 spiro atoms. The summed E-state index contributed by atoms with van der Waals surface area (Å²) in [5.74, 6) is 0. The molecule has 0 N–H and O–H groups in total. The van der Waals surface area contributed by atoms with Crippen molar-refractivity contribution in [3.8, 4) is 0 Å². The molecule has 0 saturated carbocycles. The van der Waals surface area contributed by atoms with Gasteiger partial charge in [0.2, 0.25) is 0 Å². The van der Waals surface area contributed by atoms with Crippen molar-refractivity contribution in [3.05, 3.63) is 58.7 Å². The Morgan fingerprint density at radius 2 is 1.79 bits per heavy atom. The lowest BCUT2D eigenvalue weighted by molar-refractivity contribution is -0.104. The van der Waals surface area contributed by atoms with Gasteiger partial charge in [0.25, 0.3) is 0 Å². The third-order valence-electron chi connectivity index (χ3n) is 4.80. The summed E-state index contributed by atoms with van der Waals surface area (Å²) in [5.41, 5.74) is 5.52. The third-order valence-corrected chi connectivity index (χ3v) is 4.80. The zero-order chi connectivity index (χ0) is 18.4. The molecule has 0 unspecified atom stereocenters. The molecule has 0 aromatic carbocycles. The number of rotatable bonds is 5. The first-order chi connectivity index (χ1) is 11.1. The molecule has 0 saturated heterocycles. The first kappa shape index (κ1) is 20.4. The second-order valence-electron chi connectivity index (χ2n) is 8.54. The fourth-order valence-electron chi connectivity index (χ4n) is 3.21. The molecule has 1 heteroatoms. The van der Waals surface area contributed by atoms with Crippen molar-refractivity contribution in [2.75, 3.05) is 0 Å². The van der Waals surface area contributed by atoms with Crippen molar-refractivity contribution in [3.63, 3.8) is 0 Å². The van der Waals surface area contributed by atoms with E-state index in [0.717, 1.165) is 11.9 Å². The summed E-state index contributed by atoms with van der Waals surface area (Å²) in [4.78, 5) is 10.8. The number of aldehydes is 1. The number of allylic oxidation sites excluding steroid dienone is 10. The van der Waals surface area contributed by atoms with Crippen LogP contribution in [0, 0.1) is 10.8 Å². The topological polar surface area (TPSA) is 17.1 Å². The molecule has 0 aliphatic heterocycles. The maximum absolute atomic E-state index is 10.8. The Hall–Kier alpha value is -1.63. The van der Waals surface area contributed by atoms with Crippen molar-refractivity contribution in [1.82, 2.24) is 0 Å². The molecule has 1 aliphatic rings. The summed E-state index contributed by atoms with van der Waals surface area (Å²) in [6, 6.07) is 0. The minimum Gasteiger partial charge on any atom is -0.299 e. The molecule has 24 heavy (non-hydrogen) atoms. The van der Waals surface area contributed by atoms with Gasteiger partial charge in [0, 0.05) is 0 Å². The van der Waals surface area contributed by atoms with E-state index in [9.17, 15) is 4.79 Å². The zero-order valence-electron chi connectivity index (χ0n) is 16.6. The second-order valence-corrected chi connectivity index (χ2v) is 8.54. The minimum absolute atomic E-state index is 0.0248. The lowest BCUT2D eigenvalue weighted by atomic mass is 9.72. The number of hydrogen-bond donors (Lipinski definition) is 0. The molecule has 0 fully saturated rings. The van der Waals surface area contributed by atoms with E-state index in [4.69, 9.17) is 0 Å². The van der Waals surface area contributed by atoms with Crippen LogP contribution in [0.25, 0.3) is 0 Å². The Morgan fingerprint density at radius 1 is 1.12 bits per heavy atom. The standard InChI is InChI=1S/C23H34O/c1-18(10-8-12-20(15-17-24)22(3,4)5)13-14-21-19(2)11-9-16-23(21,6)7/h8,10,12-15,17H,9,11,16H2,1-7H3/b12-8+,14-13+,18-10+,20-15+. The molecule has 0 atom stereocenters. The third kappa shape index (κ3) is 6.11. The molecule has 0 aromatic rings. The Morgan fingerprint density at radius 3 is 2.33 bits per heavy atom. The van der Waals surface area contributed by atoms with Crippen LogP contribution >= 0.6 is 0 Å². The Balaban J connectivity index is 2.89. The van der Waals surface area contributed by atoms with E-state index in [1.54, 1.807) is 6.08 Å². The number of carbonyl (C=O) groups excluding carboxylic acids is 1. The fourth-order valence-corrected chi connectivity index (χ4v) is 3.21. The van der Waals surface area contributed by atoms with Gasteiger partial charge in [0.15, 0.2) is 0 Å². The summed E-state index contributed by atoms with van der Waals surface area (Å²) < 4.78 is 0. The Labute approximate surface area is 148 Å². The van der Waals surface area contributed by atoms with Crippen LogP contribution in [-0.2, 0) is 4.79 Å². The van der Waals surface area contributed by atoms with E-state index in [1.165, 1.54) is 36.0 Å². The summed E-state index contributed by atoms with van der Waals surface area (Å²) in [5, 5.41) is 0. The normalized spacial score (nSPS) is 20.3. The first-order valence-corrected chi connectivity index (χ1v) is 8.97. The van der Waals surface area contributed by atoms with Crippen LogP contribution in [0.3, 0.4) is 0 Å². The van der Waals surface area contributed by atoms with Crippen molar-refractivity contribution in [2.45, 2.75) is 67.7 Å². The van der Waals surface area contributed by atoms with Gasteiger partial charge in [-0.2, -0.15) is 0 Å². The summed E-state index contributed by atoms with van der Waals surface area (Å²) in [6.45, 7) is 15.4. The molecule has 0 radical (unpaired) electrons. The first-order valence-electron chi connectivity index (χ1n) is 8.97. The van der Waals surface area contributed by atoms with Crippen LogP contribution in [0.1, 0.15) is 67.7 Å². The van der Waals surface area contributed by atoms with Gasteiger partial charge in [-0.05, 0) is 61.2 Å². The highest BCUT2D eigenvalue weighted by Gasteiger charge is 2.26. The predicted molar refractivity (Wildman–Crippen MR) is 106 cm³/mol. The summed E-state index contributed by atoms with van der Waals surface area (Å²) in [7, 11) is 0. The van der Waals surface area contributed by atoms with Gasteiger partial charge in [0.1, 0.15) is 6.29 Å². The van der Waals surface area contributed by atoms with Crippen LogP contribution in [0.2, 0.25) is 0 Å². The van der Waals surface area contributed by atoms with Crippen LogP contribution in [0.4, 0.5) is 0 Å². The minimum atomic E-state index is -0.0248. The second kappa shape index (κ2) is 8.46. The predicted octanol–water partition coefficient (Wildman–Crippen LogP) is 6.74.